The largest absolute Gasteiger partial charge is 0.417 e. The summed E-state index contributed by atoms with van der Waals surface area (Å²) in [5, 5.41) is 0.653. The molecule has 2 nitrogen and oxygen atoms in total. The number of fused-ring (bicyclic) bond motifs is 1. The molecule has 0 saturated carbocycles. The normalized spacial score (nSPS) is 18.4. The van der Waals surface area contributed by atoms with Crippen LogP contribution in [0.1, 0.15) is 42.9 Å². The van der Waals surface area contributed by atoms with Crippen molar-refractivity contribution < 1.29 is 18.0 Å². The molecule has 0 spiro atoms. The Hall–Kier alpha value is -2.79. The van der Waals surface area contributed by atoms with Crippen LogP contribution in [-0.4, -0.2) is 11.9 Å². The van der Waals surface area contributed by atoms with Gasteiger partial charge >= 0.3 is 6.18 Å². The minimum atomic E-state index is -4.45. The van der Waals surface area contributed by atoms with Crippen LogP contribution in [0.25, 0.3) is 11.1 Å². The topological polar surface area (TPSA) is 20.3 Å². The molecule has 1 unspecified atom stereocenters. The smallest absolute Gasteiger partial charge is 0.310 e. The molecule has 1 amide bonds. The first-order valence-corrected chi connectivity index (χ1v) is 10.9. The fraction of sp³-hybridized carbons (Fsp3) is 0.269. The van der Waals surface area contributed by atoms with Gasteiger partial charge in [0.2, 0.25) is 5.91 Å². The number of alkyl halides is 3. The number of carbonyl (C=O) groups is 1. The third-order valence-corrected chi connectivity index (χ3v) is 6.32. The van der Waals surface area contributed by atoms with Crippen LogP contribution in [0.15, 0.2) is 66.7 Å². The lowest BCUT2D eigenvalue weighted by Crippen LogP contribution is -2.42. The maximum absolute atomic E-state index is 13.6. The summed E-state index contributed by atoms with van der Waals surface area (Å²) in [4.78, 5) is 14.1. The van der Waals surface area contributed by atoms with Gasteiger partial charge in [0.05, 0.1) is 5.56 Å². The molecule has 0 N–H and O–H groups in total. The molecule has 0 bridgehead atoms. The first-order chi connectivity index (χ1) is 15.1. The number of anilines is 1. The van der Waals surface area contributed by atoms with Crippen LogP contribution in [-0.2, 0) is 17.4 Å². The monoisotopic (exact) mass is 457 g/mol. The molecule has 0 aliphatic carbocycles. The van der Waals surface area contributed by atoms with Crippen LogP contribution in [0, 0.1) is 0 Å². The predicted octanol–water partition coefficient (Wildman–Crippen LogP) is 7.50. The first kappa shape index (κ1) is 22.4. The predicted molar refractivity (Wildman–Crippen MR) is 122 cm³/mol. The highest BCUT2D eigenvalue weighted by Gasteiger charge is 2.35. The number of halogens is 4. The summed E-state index contributed by atoms with van der Waals surface area (Å²) in [5.74, 6) is -0.0121. The molecule has 4 rings (SSSR count). The van der Waals surface area contributed by atoms with E-state index >= 15 is 0 Å². The van der Waals surface area contributed by atoms with Gasteiger partial charge in [0.1, 0.15) is 0 Å². The molecule has 32 heavy (non-hydrogen) atoms. The summed E-state index contributed by atoms with van der Waals surface area (Å²) in [6, 6.07) is 18.5. The van der Waals surface area contributed by atoms with Crippen molar-refractivity contribution in [2.75, 3.05) is 4.90 Å². The second-order valence-corrected chi connectivity index (χ2v) is 8.75. The average Bonchev–Trinajstić information content (AvgIpc) is 2.74. The number of hydrogen-bond donors (Lipinski definition) is 0. The van der Waals surface area contributed by atoms with Gasteiger partial charge in [-0.3, -0.25) is 4.79 Å². The zero-order valence-electron chi connectivity index (χ0n) is 17.8. The van der Waals surface area contributed by atoms with E-state index in [9.17, 15) is 18.0 Å². The van der Waals surface area contributed by atoms with E-state index in [2.05, 4.69) is 0 Å². The Morgan fingerprint density at radius 3 is 2.41 bits per heavy atom. The summed E-state index contributed by atoms with van der Waals surface area (Å²) in [7, 11) is 0. The fourth-order valence-electron chi connectivity index (χ4n) is 4.71. The van der Waals surface area contributed by atoms with Gasteiger partial charge in [0.25, 0.3) is 0 Å². The van der Waals surface area contributed by atoms with Crippen molar-refractivity contribution in [3.05, 3.63) is 88.4 Å². The molecule has 2 atom stereocenters. The summed E-state index contributed by atoms with van der Waals surface area (Å²) in [5.41, 5.74) is 2.72. The number of carbonyl (C=O) groups excluding carboxylic acids is 1. The molecule has 0 saturated heterocycles. The van der Waals surface area contributed by atoms with Crippen molar-refractivity contribution in [2.45, 2.75) is 44.8 Å². The number of rotatable bonds is 3. The number of benzene rings is 3. The first-order valence-electron chi connectivity index (χ1n) is 10.5. The Morgan fingerprint density at radius 2 is 1.75 bits per heavy atom. The van der Waals surface area contributed by atoms with E-state index in [0.717, 1.165) is 29.3 Å². The Kier molecular flexibility index (Phi) is 6.04. The zero-order valence-corrected chi connectivity index (χ0v) is 18.5. The van der Waals surface area contributed by atoms with E-state index in [0.29, 0.717) is 17.0 Å². The lowest BCUT2D eigenvalue weighted by Gasteiger charge is -2.39. The second-order valence-electron chi connectivity index (χ2n) is 8.32. The lowest BCUT2D eigenvalue weighted by atomic mass is 9.80. The van der Waals surface area contributed by atoms with Crippen molar-refractivity contribution in [1.82, 2.24) is 0 Å². The Balaban J connectivity index is 1.82. The highest BCUT2D eigenvalue weighted by atomic mass is 35.5. The summed E-state index contributed by atoms with van der Waals surface area (Å²) in [6.45, 7) is 3.53. The van der Waals surface area contributed by atoms with Gasteiger partial charge in [0.15, 0.2) is 0 Å². The van der Waals surface area contributed by atoms with E-state index in [4.69, 9.17) is 11.6 Å². The zero-order chi connectivity index (χ0) is 23.0. The Morgan fingerprint density at radius 1 is 1.06 bits per heavy atom. The van der Waals surface area contributed by atoms with Gasteiger partial charge in [-0.25, -0.2) is 0 Å². The molecule has 6 heteroatoms. The molecule has 1 heterocycles. The summed E-state index contributed by atoms with van der Waals surface area (Å²) >= 11 is 6.02. The minimum Gasteiger partial charge on any atom is -0.310 e. The van der Waals surface area contributed by atoms with Crippen molar-refractivity contribution in [2.24, 2.45) is 0 Å². The summed E-state index contributed by atoms with van der Waals surface area (Å²) in [6.07, 6.45) is -3.01. The van der Waals surface area contributed by atoms with Gasteiger partial charge in [-0.1, -0.05) is 48.0 Å². The molecule has 1 aliphatic heterocycles. The lowest BCUT2D eigenvalue weighted by molar-refractivity contribution is -0.137. The number of hydrogen-bond acceptors (Lipinski definition) is 1. The van der Waals surface area contributed by atoms with Crippen molar-refractivity contribution in [1.29, 1.82) is 0 Å². The van der Waals surface area contributed by atoms with Gasteiger partial charge in [-0.15, -0.1) is 0 Å². The van der Waals surface area contributed by atoms with Crippen molar-refractivity contribution in [3.8, 4) is 11.1 Å². The van der Waals surface area contributed by atoms with Crippen LogP contribution < -0.4 is 4.90 Å². The average molecular weight is 458 g/mol. The third-order valence-electron chi connectivity index (χ3n) is 6.07. The van der Waals surface area contributed by atoms with Crippen LogP contribution in [0.2, 0.25) is 5.02 Å². The van der Waals surface area contributed by atoms with Crippen LogP contribution in [0.3, 0.4) is 0 Å². The molecule has 3 aromatic rings. The van der Waals surface area contributed by atoms with Crippen LogP contribution in [0.4, 0.5) is 18.9 Å². The molecular formula is C26H23ClF3NO. The van der Waals surface area contributed by atoms with Crippen molar-refractivity contribution in [3.63, 3.8) is 0 Å². The number of nitrogens with zero attached hydrogens (tertiary/aromatic N) is 1. The molecule has 0 fully saturated rings. The van der Waals surface area contributed by atoms with E-state index < -0.39 is 11.7 Å². The molecule has 0 radical (unpaired) electrons. The maximum Gasteiger partial charge on any atom is 0.417 e. The molecular weight excluding hydrogens is 435 g/mol. The van der Waals surface area contributed by atoms with Gasteiger partial charge in [0, 0.05) is 23.7 Å². The van der Waals surface area contributed by atoms with Gasteiger partial charge in [-0.05, 0) is 78.3 Å². The fourth-order valence-corrected chi connectivity index (χ4v) is 4.84. The third kappa shape index (κ3) is 4.40. The van der Waals surface area contributed by atoms with E-state index in [1.165, 1.54) is 19.1 Å². The SMILES string of the molecule is CC(=O)N1c2ccc(-c3ccccc3C(F)(F)F)cc2[C@@H](Cc2ccc(Cl)cc2)CC1C. The molecule has 1 aliphatic rings. The summed E-state index contributed by atoms with van der Waals surface area (Å²) < 4.78 is 40.9. The molecule has 166 valence electrons. The standard InChI is InChI=1S/C26H23ClF3NO/c1-16-13-20(14-18-7-10-21(27)11-8-18)23-15-19(9-12-25(23)31(16)17(2)32)22-5-3-4-6-24(22)26(28,29)30/h3-12,15-16,20H,13-14H2,1-2H3/t16?,20-/m1/s1. The quantitative estimate of drug-likeness (QED) is 0.398. The maximum atomic E-state index is 13.6. The second kappa shape index (κ2) is 8.62. The van der Waals surface area contributed by atoms with Crippen LogP contribution >= 0.6 is 11.6 Å². The van der Waals surface area contributed by atoms with Gasteiger partial charge in [-0.2, -0.15) is 13.2 Å². The van der Waals surface area contributed by atoms with E-state index in [1.807, 2.05) is 37.3 Å². The van der Waals surface area contributed by atoms with Crippen molar-refractivity contribution >= 4 is 23.2 Å². The Bertz CT molecular complexity index is 1140. The van der Waals surface area contributed by atoms with E-state index in [1.54, 1.807) is 23.1 Å². The minimum absolute atomic E-state index is 0.00869. The van der Waals surface area contributed by atoms with Crippen LogP contribution in [0.5, 0.6) is 0 Å². The molecule has 0 aromatic heterocycles. The highest BCUT2D eigenvalue weighted by Crippen LogP contribution is 2.44. The number of amides is 1. The van der Waals surface area contributed by atoms with Gasteiger partial charge < -0.3 is 4.90 Å². The Labute approximate surface area is 190 Å². The van der Waals surface area contributed by atoms with E-state index in [-0.39, 0.29) is 23.4 Å². The highest BCUT2D eigenvalue weighted by molar-refractivity contribution is 6.30. The molecule has 3 aromatic carbocycles.